The molecule has 1 aliphatic carbocycles. The maximum Gasteiger partial charge on any atom is 0.112 e. The first kappa shape index (κ1) is 14.7. The number of nitrogens with one attached hydrogen (secondary N) is 1. The summed E-state index contributed by atoms with van der Waals surface area (Å²) in [7, 11) is 0. The van der Waals surface area contributed by atoms with Crippen molar-refractivity contribution in [1.82, 2.24) is 5.32 Å². The molecule has 2 saturated heterocycles. The van der Waals surface area contributed by atoms with E-state index in [0.29, 0.717) is 13.0 Å². The molecule has 0 aromatic heterocycles. The Bertz CT molecular complexity index is 322. The van der Waals surface area contributed by atoms with Gasteiger partial charge in [0.25, 0.3) is 0 Å². The minimum atomic E-state index is -1.11. The van der Waals surface area contributed by atoms with E-state index in [1.165, 1.54) is 12.8 Å². The number of alkyl halides is 1. The summed E-state index contributed by atoms with van der Waals surface area (Å²) in [6.45, 7) is 4.77. The van der Waals surface area contributed by atoms with Gasteiger partial charge in [-0.3, -0.25) is 0 Å². The summed E-state index contributed by atoms with van der Waals surface area (Å²) >= 11 is 0. The summed E-state index contributed by atoms with van der Waals surface area (Å²) in [6.07, 6.45) is 7.08. The van der Waals surface area contributed by atoms with E-state index in [1.807, 2.05) is 0 Å². The van der Waals surface area contributed by atoms with Crippen LogP contribution >= 0.6 is 0 Å². The Morgan fingerprint density at radius 1 is 1.30 bits per heavy atom. The van der Waals surface area contributed by atoms with Gasteiger partial charge in [-0.2, -0.15) is 0 Å². The molecule has 1 N–H and O–H groups in total. The normalized spacial score (nSPS) is 36.9. The van der Waals surface area contributed by atoms with Gasteiger partial charge in [-0.25, -0.2) is 4.39 Å². The molecule has 2 heterocycles. The second kappa shape index (κ2) is 5.90. The fourth-order valence-corrected chi connectivity index (χ4v) is 4.31. The van der Waals surface area contributed by atoms with Gasteiger partial charge < -0.3 is 14.8 Å². The zero-order chi connectivity index (χ0) is 14.1. The molecule has 0 radical (unpaired) electrons. The Morgan fingerprint density at radius 3 is 2.80 bits per heavy atom. The molecule has 4 heteroatoms. The summed E-state index contributed by atoms with van der Waals surface area (Å²) in [4.78, 5) is 0. The lowest BCUT2D eigenvalue weighted by atomic mass is 9.74. The van der Waals surface area contributed by atoms with E-state index in [-0.39, 0.29) is 17.6 Å². The highest BCUT2D eigenvalue weighted by Crippen LogP contribution is 2.46. The predicted molar refractivity (Wildman–Crippen MR) is 76.6 cm³/mol. The molecule has 3 fully saturated rings. The molecule has 0 bridgehead atoms. The monoisotopic (exact) mass is 285 g/mol. The van der Waals surface area contributed by atoms with E-state index in [0.717, 1.165) is 45.4 Å². The van der Waals surface area contributed by atoms with Crippen molar-refractivity contribution in [2.75, 3.05) is 26.4 Å². The van der Waals surface area contributed by atoms with Gasteiger partial charge in [0, 0.05) is 19.2 Å². The second-order valence-corrected chi connectivity index (χ2v) is 7.14. The molecule has 0 aromatic carbocycles. The van der Waals surface area contributed by atoms with Gasteiger partial charge in [-0.05, 0) is 44.9 Å². The van der Waals surface area contributed by atoms with Crippen LogP contribution in [0.5, 0.6) is 0 Å². The van der Waals surface area contributed by atoms with E-state index in [9.17, 15) is 0 Å². The highest BCUT2D eigenvalue weighted by atomic mass is 19.1. The third-order valence-corrected chi connectivity index (χ3v) is 5.50. The first-order chi connectivity index (χ1) is 9.60. The second-order valence-electron chi connectivity index (χ2n) is 7.14. The minimum Gasteiger partial charge on any atom is -0.379 e. The Labute approximate surface area is 121 Å². The number of hydrogen-bond donors (Lipinski definition) is 1. The van der Waals surface area contributed by atoms with Crippen molar-refractivity contribution in [3.8, 4) is 0 Å². The van der Waals surface area contributed by atoms with Crippen molar-refractivity contribution in [3.05, 3.63) is 0 Å². The van der Waals surface area contributed by atoms with Gasteiger partial charge in [0.15, 0.2) is 0 Å². The third kappa shape index (κ3) is 3.18. The van der Waals surface area contributed by atoms with Crippen LogP contribution in [0.15, 0.2) is 0 Å². The zero-order valence-electron chi connectivity index (χ0n) is 12.6. The highest BCUT2D eigenvalue weighted by molar-refractivity contribution is 4.98. The Kier molecular flexibility index (Phi) is 4.34. The first-order valence-electron chi connectivity index (χ1n) is 8.24. The molecule has 116 valence electrons. The molecule has 20 heavy (non-hydrogen) atoms. The quantitative estimate of drug-likeness (QED) is 0.865. The van der Waals surface area contributed by atoms with Crippen LogP contribution in [0.1, 0.15) is 51.9 Å². The van der Waals surface area contributed by atoms with Crippen LogP contribution in [0.25, 0.3) is 0 Å². The molecule has 3 aliphatic rings. The molecule has 1 spiro atoms. The van der Waals surface area contributed by atoms with Crippen molar-refractivity contribution in [1.29, 1.82) is 0 Å². The molecule has 3 atom stereocenters. The van der Waals surface area contributed by atoms with Gasteiger partial charge in [0.2, 0.25) is 0 Å². The molecule has 3 unspecified atom stereocenters. The summed E-state index contributed by atoms with van der Waals surface area (Å²) in [5.41, 5.74) is -1.11. The van der Waals surface area contributed by atoms with Crippen LogP contribution in [-0.4, -0.2) is 43.7 Å². The maximum atomic E-state index is 15.2. The van der Waals surface area contributed by atoms with Crippen LogP contribution in [0.4, 0.5) is 4.39 Å². The van der Waals surface area contributed by atoms with Gasteiger partial charge in [0.1, 0.15) is 5.67 Å². The molecule has 3 nitrogen and oxygen atoms in total. The molecule has 1 saturated carbocycles. The van der Waals surface area contributed by atoms with Gasteiger partial charge >= 0.3 is 0 Å². The average molecular weight is 285 g/mol. The number of hydrogen-bond acceptors (Lipinski definition) is 3. The van der Waals surface area contributed by atoms with E-state index < -0.39 is 5.67 Å². The fourth-order valence-electron chi connectivity index (χ4n) is 4.31. The van der Waals surface area contributed by atoms with Crippen LogP contribution in [0, 0.1) is 5.92 Å². The molecule has 0 amide bonds. The number of ether oxygens (including phenoxy) is 2. The zero-order valence-corrected chi connectivity index (χ0v) is 12.6. The number of rotatable bonds is 3. The lowest BCUT2D eigenvalue weighted by Gasteiger charge is -2.44. The third-order valence-electron chi connectivity index (χ3n) is 5.50. The Balaban J connectivity index is 1.60. The maximum absolute atomic E-state index is 15.2. The lowest BCUT2D eigenvalue weighted by molar-refractivity contribution is -0.122. The summed E-state index contributed by atoms with van der Waals surface area (Å²) in [5, 5.41) is 3.38. The number of morpholine rings is 1. The average Bonchev–Trinajstić information content (AvgIpc) is 2.87. The summed E-state index contributed by atoms with van der Waals surface area (Å²) < 4.78 is 26.7. The smallest absolute Gasteiger partial charge is 0.112 e. The Hall–Kier alpha value is -0.190. The van der Waals surface area contributed by atoms with Gasteiger partial charge in [-0.15, -0.1) is 0 Å². The van der Waals surface area contributed by atoms with Crippen molar-refractivity contribution in [2.24, 2.45) is 5.92 Å². The predicted octanol–water partition coefficient (Wildman–Crippen LogP) is 2.83. The highest BCUT2D eigenvalue weighted by Gasteiger charge is 2.46. The topological polar surface area (TPSA) is 30.5 Å². The van der Waals surface area contributed by atoms with Crippen LogP contribution in [-0.2, 0) is 9.47 Å². The van der Waals surface area contributed by atoms with E-state index >= 15 is 4.39 Å². The Morgan fingerprint density at radius 2 is 2.10 bits per heavy atom. The molecular weight excluding hydrogens is 257 g/mol. The van der Waals surface area contributed by atoms with E-state index in [1.54, 1.807) is 6.92 Å². The van der Waals surface area contributed by atoms with Crippen molar-refractivity contribution < 1.29 is 13.9 Å². The van der Waals surface area contributed by atoms with E-state index in [2.05, 4.69) is 5.32 Å². The van der Waals surface area contributed by atoms with Crippen LogP contribution in [0.2, 0.25) is 0 Å². The minimum absolute atomic E-state index is 0.00671. The first-order valence-corrected chi connectivity index (χ1v) is 8.24. The standard InChI is InChI=1S/C16H28FNO2/c1-15(17,11-14-12-19-9-7-18-14)13-4-8-20-16(10-13)5-2-3-6-16/h13-14,18H,2-12H2,1H3. The summed E-state index contributed by atoms with van der Waals surface area (Å²) in [6, 6.07) is 0.168. The van der Waals surface area contributed by atoms with Crippen molar-refractivity contribution in [2.45, 2.75) is 69.2 Å². The fraction of sp³-hybridized carbons (Fsp3) is 1.00. The molecule has 3 rings (SSSR count). The van der Waals surface area contributed by atoms with E-state index in [4.69, 9.17) is 9.47 Å². The number of halogens is 1. The van der Waals surface area contributed by atoms with Crippen LogP contribution in [0.3, 0.4) is 0 Å². The van der Waals surface area contributed by atoms with Gasteiger partial charge in [-0.1, -0.05) is 12.8 Å². The van der Waals surface area contributed by atoms with Gasteiger partial charge in [0.05, 0.1) is 18.8 Å². The largest absolute Gasteiger partial charge is 0.379 e. The molecular formula is C16H28FNO2. The SMILES string of the molecule is CC(F)(CC1COCCN1)C1CCOC2(CCCC2)C1. The van der Waals surface area contributed by atoms with Crippen molar-refractivity contribution >= 4 is 0 Å². The summed E-state index contributed by atoms with van der Waals surface area (Å²) in [5.74, 6) is 0.137. The van der Waals surface area contributed by atoms with Crippen LogP contribution < -0.4 is 5.32 Å². The van der Waals surface area contributed by atoms with Crippen molar-refractivity contribution in [3.63, 3.8) is 0 Å². The molecule has 0 aromatic rings. The molecule has 2 aliphatic heterocycles. The lowest BCUT2D eigenvalue weighted by Crippen LogP contribution is -2.49.